The molecule has 0 aliphatic carbocycles. The minimum atomic E-state index is -0.361. The minimum Gasteiger partial charge on any atom is -0.394 e. The van der Waals surface area contributed by atoms with Gasteiger partial charge in [-0.2, -0.15) is 0 Å². The van der Waals surface area contributed by atoms with Crippen LogP contribution < -0.4 is 0 Å². The maximum Gasteiger partial charge on any atom is 0.116 e. The number of halogens is 3. The second-order valence-electron chi connectivity index (χ2n) is 1.54. The first kappa shape index (κ1) is 9.40. The Morgan fingerprint density at radius 3 is 2.00 bits per heavy atom. The van der Waals surface area contributed by atoms with Gasteiger partial charge in [0.25, 0.3) is 0 Å². The summed E-state index contributed by atoms with van der Waals surface area (Å²) in [5.74, 6) is 0. The fourth-order valence-corrected chi connectivity index (χ4v) is 0.271. The molecule has 1 N–H and O–H groups in total. The van der Waals surface area contributed by atoms with Crippen LogP contribution in [-0.4, -0.2) is 19.8 Å². The van der Waals surface area contributed by atoms with Crippen LogP contribution in [0.25, 0.3) is 0 Å². The summed E-state index contributed by atoms with van der Waals surface area (Å²) >= 11 is 9.83. The molecule has 0 aliphatic rings. The van der Waals surface area contributed by atoms with Crippen molar-refractivity contribution >= 4 is 47.8 Å². The Balaban J connectivity index is 3.71. The molecule has 0 bridgehead atoms. The average Bonchev–Trinajstić information content (AvgIpc) is 1.67. The van der Waals surface area contributed by atoms with Gasteiger partial charge in [-0.25, -0.2) is 0 Å². The van der Waals surface area contributed by atoms with E-state index >= 15 is 0 Å². The molecule has 4 heteroatoms. The fourth-order valence-electron chi connectivity index (χ4n) is 0.126. The van der Waals surface area contributed by atoms with E-state index in [1.807, 2.05) is 6.92 Å². The molecule has 1 atom stereocenters. The minimum absolute atomic E-state index is 0.0689. The molecule has 0 fully saturated rings. The SMILES string of the molecule is CC(Br)C(Br)(Br)CO. The van der Waals surface area contributed by atoms with Crippen LogP contribution in [0.1, 0.15) is 6.92 Å². The van der Waals surface area contributed by atoms with Gasteiger partial charge in [0.15, 0.2) is 0 Å². The Morgan fingerprint density at radius 1 is 1.62 bits per heavy atom. The molecule has 0 heterocycles. The van der Waals surface area contributed by atoms with Crippen molar-refractivity contribution in [1.82, 2.24) is 0 Å². The smallest absolute Gasteiger partial charge is 0.116 e. The van der Waals surface area contributed by atoms with Crippen molar-refractivity contribution in [3.8, 4) is 0 Å². The second kappa shape index (κ2) is 3.54. The molecule has 0 radical (unpaired) electrons. The number of hydrogen-bond acceptors (Lipinski definition) is 1. The molecular formula is C4H7Br3O. The lowest BCUT2D eigenvalue weighted by Gasteiger charge is -2.19. The number of aliphatic hydroxyl groups excluding tert-OH is 1. The second-order valence-corrected chi connectivity index (χ2v) is 6.80. The summed E-state index contributed by atoms with van der Waals surface area (Å²) in [4.78, 5) is 0.208. The first-order valence-electron chi connectivity index (χ1n) is 2.13. The third-order valence-electron chi connectivity index (χ3n) is 0.793. The molecule has 0 rings (SSSR count). The lowest BCUT2D eigenvalue weighted by atomic mass is 10.4. The number of aliphatic hydroxyl groups is 1. The Kier molecular flexibility index (Phi) is 4.16. The highest BCUT2D eigenvalue weighted by Gasteiger charge is 2.26. The number of hydrogen-bond donors (Lipinski definition) is 1. The van der Waals surface area contributed by atoms with Crippen molar-refractivity contribution in [3.05, 3.63) is 0 Å². The molecule has 0 aliphatic heterocycles. The van der Waals surface area contributed by atoms with Crippen LogP contribution in [0.3, 0.4) is 0 Å². The summed E-state index contributed by atoms with van der Waals surface area (Å²) < 4.78 is -0.361. The third-order valence-corrected chi connectivity index (χ3v) is 4.68. The van der Waals surface area contributed by atoms with E-state index in [0.29, 0.717) is 0 Å². The van der Waals surface area contributed by atoms with Crippen LogP contribution >= 0.6 is 47.8 Å². The summed E-state index contributed by atoms with van der Waals surface area (Å²) in [5, 5.41) is 8.64. The standard InChI is InChI=1S/C4H7Br3O/c1-3(5)4(6,7)2-8/h3,8H,2H2,1H3. The van der Waals surface area contributed by atoms with E-state index in [2.05, 4.69) is 47.8 Å². The number of rotatable bonds is 2. The van der Waals surface area contributed by atoms with Gasteiger partial charge in [-0.3, -0.25) is 0 Å². The summed E-state index contributed by atoms with van der Waals surface area (Å²) in [5.41, 5.74) is 0. The van der Waals surface area contributed by atoms with E-state index in [1.165, 1.54) is 0 Å². The van der Waals surface area contributed by atoms with E-state index < -0.39 is 0 Å². The maximum absolute atomic E-state index is 8.64. The van der Waals surface area contributed by atoms with Crippen molar-refractivity contribution < 1.29 is 5.11 Å². The monoisotopic (exact) mass is 308 g/mol. The molecule has 0 aromatic heterocycles. The largest absolute Gasteiger partial charge is 0.394 e. The lowest BCUT2D eigenvalue weighted by Crippen LogP contribution is -2.26. The van der Waals surface area contributed by atoms with Gasteiger partial charge in [0.1, 0.15) is 3.23 Å². The van der Waals surface area contributed by atoms with Crippen molar-refractivity contribution in [2.24, 2.45) is 0 Å². The summed E-state index contributed by atoms with van der Waals surface area (Å²) in [7, 11) is 0. The first-order chi connectivity index (χ1) is 3.50. The highest BCUT2D eigenvalue weighted by molar-refractivity contribution is 9.26. The fraction of sp³-hybridized carbons (Fsp3) is 1.00. The molecule has 0 saturated carbocycles. The van der Waals surface area contributed by atoms with E-state index in [1.54, 1.807) is 0 Å². The molecular weight excluding hydrogens is 304 g/mol. The maximum atomic E-state index is 8.64. The highest BCUT2D eigenvalue weighted by atomic mass is 79.9. The van der Waals surface area contributed by atoms with Crippen LogP contribution in [0.15, 0.2) is 0 Å². The normalized spacial score (nSPS) is 16.1. The zero-order valence-electron chi connectivity index (χ0n) is 4.37. The van der Waals surface area contributed by atoms with Crippen LogP contribution in [0.4, 0.5) is 0 Å². The molecule has 0 spiro atoms. The highest BCUT2D eigenvalue weighted by Crippen LogP contribution is 2.33. The Bertz CT molecular complexity index is 71.7. The molecule has 50 valence electrons. The van der Waals surface area contributed by atoms with Gasteiger partial charge in [0.2, 0.25) is 0 Å². The van der Waals surface area contributed by atoms with Crippen LogP contribution in [0, 0.1) is 0 Å². The Morgan fingerprint density at radius 2 is 2.00 bits per heavy atom. The van der Waals surface area contributed by atoms with E-state index in [0.717, 1.165) is 0 Å². The molecule has 0 saturated heterocycles. The van der Waals surface area contributed by atoms with E-state index in [9.17, 15) is 0 Å². The van der Waals surface area contributed by atoms with Crippen LogP contribution in [-0.2, 0) is 0 Å². The Labute approximate surface area is 74.2 Å². The summed E-state index contributed by atoms with van der Waals surface area (Å²) in [6.07, 6.45) is 0. The van der Waals surface area contributed by atoms with Crippen molar-refractivity contribution in [1.29, 1.82) is 0 Å². The van der Waals surface area contributed by atoms with Crippen molar-refractivity contribution in [2.75, 3.05) is 6.61 Å². The number of alkyl halides is 3. The predicted octanol–water partition coefficient (Wildman–Crippen LogP) is 2.25. The quantitative estimate of drug-likeness (QED) is 0.776. The molecule has 1 unspecified atom stereocenters. The molecule has 8 heavy (non-hydrogen) atoms. The third kappa shape index (κ3) is 2.80. The van der Waals surface area contributed by atoms with Gasteiger partial charge < -0.3 is 5.11 Å². The average molecular weight is 311 g/mol. The van der Waals surface area contributed by atoms with E-state index in [-0.39, 0.29) is 14.7 Å². The predicted molar refractivity (Wildman–Crippen MR) is 46.1 cm³/mol. The zero-order valence-corrected chi connectivity index (χ0v) is 9.12. The van der Waals surface area contributed by atoms with Gasteiger partial charge in [-0.05, 0) is 0 Å². The van der Waals surface area contributed by atoms with Crippen molar-refractivity contribution in [2.45, 2.75) is 15.0 Å². The zero-order chi connectivity index (χ0) is 6.78. The van der Waals surface area contributed by atoms with Crippen molar-refractivity contribution in [3.63, 3.8) is 0 Å². The summed E-state index contributed by atoms with van der Waals surface area (Å²) in [6.45, 7) is 2.01. The van der Waals surface area contributed by atoms with Crippen LogP contribution in [0.5, 0.6) is 0 Å². The first-order valence-corrected chi connectivity index (χ1v) is 4.63. The van der Waals surface area contributed by atoms with Gasteiger partial charge in [0, 0.05) is 4.83 Å². The van der Waals surface area contributed by atoms with Gasteiger partial charge >= 0.3 is 0 Å². The topological polar surface area (TPSA) is 20.2 Å². The van der Waals surface area contributed by atoms with E-state index in [4.69, 9.17) is 5.11 Å². The Hall–Kier alpha value is 1.40. The summed E-state index contributed by atoms with van der Waals surface area (Å²) in [6, 6.07) is 0. The molecule has 0 amide bonds. The van der Waals surface area contributed by atoms with Gasteiger partial charge in [-0.1, -0.05) is 54.7 Å². The van der Waals surface area contributed by atoms with Gasteiger partial charge in [0.05, 0.1) is 6.61 Å². The lowest BCUT2D eigenvalue weighted by molar-refractivity contribution is 0.289. The van der Waals surface area contributed by atoms with Gasteiger partial charge in [-0.15, -0.1) is 0 Å². The molecule has 1 nitrogen and oxygen atoms in total. The molecule has 0 aromatic rings. The molecule has 0 aromatic carbocycles. The van der Waals surface area contributed by atoms with Crippen LogP contribution in [0.2, 0.25) is 0 Å².